The second kappa shape index (κ2) is 8.35. The van der Waals surface area contributed by atoms with Crippen LogP contribution in [-0.4, -0.2) is 37.5 Å². The van der Waals surface area contributed by atoms with Crippen molar-refractivity contribution in [3.63, 3.8) is 0 Å². The van der Waals surface area contributed by atoms with Gasteiger partial charge in [-0.05, 0) is 19.1 Å². The van der Waals surface area contributed by atoms with Gasteiger partial charge in [0.15, 0.2) is 0 Å². The summed E-state index contributed by atoms with van der Waals surface area (Å²) in [5, 5.41) is 6.47. The molecule has 0 spiro atoms. The van der Waals surface area contributed by atoms with Gasteiger partial charge in [0.2, 0.25) is 0 Å². The average molecular weight is 209 g/mol. The van der Waals surface area contributed by atoms with Gasteiger partial charge in [-0.3, -0.25) is 10.3 Å². The molecule has 1 fully saturated rings. The zero-order valence-electron chi connectivity index (χ0n) is 9.15. The van der Waals surface area contributed by atoms with Crippen molar-refractivity contribution in [2.75, 3.05) is 26.2 Å². The van der Waals surface area contributed by atoms with Crippen molar-refractivity contribution >= 4 is 0 Å². The first-order chi connectivity index (χ1) is 7.43. The lowest BCUT2D eigenvalue weighted by Gasteiger charge is -2.23. The van der Waals surface area contributed by atoms with Gasteiger partial charge in [-0.1, -0.05) is 6.07 Å². The van der Waals surface area contributed by atoms with Crippen LogP contribution in [0.2, 0.25) is 0 Å². The first kappa shape index (κ1) is 12.1. The molecular weight excluding hydrogens is 190 g/mol. The zero-order valence-corrected chi connectivity index (χ0v) is 9.15. The molecule has 4 nitrogen and oxygen atoms in total. The average Bonchev–Trinajstić information content (AvgIpc) is 2.34. The van der Waals surface area contributed by atoms with Gasteiger partial charge in [-0.2, -0.15) is 0 Å². The van der Waals surface area contributed by atoms with Crippen molar-refractivity contribution in [3.05, 3.63) is 30.6 Å². The first-order valence-corrected chi connectivity index (χ1v) is 5.34. The summed E-state index contributed by atoms with van der Waals surface area (Å²) in [5.74, 6) is 0. The van der Waals surface area contributed by atoms with E-state index in [-0.39, 0.29) is 6.23 Å². The summed E-state index contributed by atoms with van der Waals surface area (Å²) in [6.45, 7) is 5.82. The number of rotatable bonds is 2. The van der Waals surface area contributed by atoms with E-state index in [1.165, 1.54) is 0 Å². The van der Waals surface area contributed by atoms with Crippen molar-refractivity contribution in [3.8, 4) is 0 Å². The normalized spacial score (nSPS) is 20.2. The van der Waals surface area contributed by atoms with Crippen molar-refractivity contribution < 1.29 is 4.74 Å². The Balaban J connectivity index is 0.000000162. The van der Waals surface area contributed by atoms with Crippen molar-refractivity contribution in [2.24, 2.45) is 0 Å². The van der Waals surface area contributed by atoms with Gasteiger partial charge in [0.1, 0.15) is 6.23 Å². The van der Waals surface area contributed by atoms with Gasteiger partial charge in [0.25, 0.3) is 0 Å². The Morgan fingerprint density at radius 1 is 1.27 bits per heavy atom. The summed E-state index contributed by atoms with van der Waals surface area (Å²) in [7, 11) is 0. The quantitative estimate of drug-likeness (QED) is 0.749. The number of nitrogens with zero attached hydrogens (tertiary/aromatic N) is 1. The highest BCUT2D eigenvalue weighted by Crippen LogP contribution is 1.87. The number of hydrogen-bond donors (Lipinski definition) is 2. The third kappa shape index (κ3) is 6.17. The number of nitrogens with one attached hydrogen (secondary N) is 2. The van der Waals surface area contributed by atoms with E-state index >= 15 is 0 Å². The molecule has 2 rings (SSSR count). The van der Waals surface area contributed by atoms with Gasteiger partial charge in [0, 0.05) is 38.6 Å². The molecule has 15 heavy (non-hydrogen) atoms. The Kier molecular flexibility index (Phi) is 6.73. The highest BCUT2D eigenvalue weighted by molar-refractivity contribution is 4.88. The molecule has 0 aliphatic carbocycles. The molecule has 1 aliphatic rings. The molecule has 0 bridgehead atoms. The second-order valence-corrected chi connectivity index (χ2v) is 3.13. The summed E-state index contributed by atoms with van der Waals surface area (Å²) in [4.78, 5) is 3.78. The van der Waals surface area contributed by atoms with Crippen LogP contribution in [0.4, 0.5) is 0 Å². The van der Waals surface area contributed by atoms with Gasteiger partial charge < -0.3 is 10.1 Å². The molecule has 1 aromatic rings. The maximum absolute atomic E-state index is 5.31. The fraction of sp³-hybridized carbons (Fsp3) is 0.545. The van der Waals surface area contributed by atoms with E-state index in [9.17, 15) is 0 Å². The summed E-state index contributed by atoms with van der Waals surface area (Å²) in [6, 6.07) is 5.72. The molecule has 1 aliphatic heterocycles. The molecule has 0 amide bonds. The van der Waals surface area contributed by atoms with Crippen molar-refractivity contribution in [2.45, 2.75) is 13.2 Å². The Bertz CT molecular complexity index is 195. The SMILES string of the molecule is CCOC1CNCCN1.c1ccncc1. The van der Waals surface area contributed by atoms with Crippen LogP contribution in [0.25, 0.3) is 0 Å². The Morgan fingerprint density at radius 2 is 2.07 bits per heavy atom. The standard InChI is InChI=1S/C6H14N2O.C5H5N/c1-2-9-6-5-7-3-4-8-6;1-2-4-6-5-3-1/h6-8H,2-5H2,1H3;1-5H. The molecule has 1 unspecified atom stereocenters. The monoisotopic (exact) mass is 209 g/mol. The second-order valence-electron chi connectivity index (χ2n) is 3.13. The highest BCUT2D eigenvalue weighted by Gasteiger charge is 2.09. The molecule has 0 saturated carbocycles. The van der Waals surface area contributed by atoms with Crippen LogP contribution in [0.1, 0.15) is 6.92 Å². The van der Waals surface area contributed by atoms with Gasteiger partial charge >= 0.3 is 0 Å². The maximum atomic E-state index is 5.31. The molecule has 4 heteroatoms. The molecule has 1 atom stereocenters. The molecule has 0 aromatic carbocycles. The predicted molar refractivity (Wildman–Crippen MR) is 60.5 cm³/mol. The van der Waals surface area contributed by atoms with Gasteiger partial charge in [0.05, 0.1) is 0 Å². The fourth-order valence-electron chi connectivity index (χ4n) is 1.26. The van der Waals surface area contributed by atoms with Gasteiger partial charge in [-0.25, -0.2) is 0 Å². The number of aromatic nitrogens is 1. The largest absolute Gasteiger partial charge is 0.362 e. The number of pyridine rings is 1. The maximum Gasteiger partial charge on any atom is 0.120 e. The van der Waals surface area contributed by atoms with E-state index in [1.807, 2.05) is 25.1 Å². The lowest BCUT2D eigenvalue weighted by Crippen LogP contribution is -2.49. The summed E-state index contributed by atoms with van der Waals surface area (Å²) >= 11 is 0. The third-order valence-electron chi connectivity index (χ3n) is 1.94. The molecule has 0 radical (unpaired) electrons. The lowest BCUT2D eigenvalue weighted by molar-refractivity contribution is 0.0293. The van der Waals surface area contributed by atoms with Crippen LogP contribution < -0.4 is 10.6 Å². The Morgan fingerprint density at radius 3 is 2.47 bits per heavy atom. The number of piperazine rings is 1. The number of ether oxygens (including phenoxy) is 1. The molecule has 84 valence electrons. The molecular formula is C11H19N3O. The van der Waals surface area contributed by atoms with Crippen LogP contribution >= 0.6 is 0 Å². The van der Waals surface area contributed by atoms with Crippen LogP contribution in [0.5, 0.6) is 0 Å². The predicted octanol–water partition coefficient (Wildman–Crippen LogP) is 0.623. The van der Waals surface area contributed by atoms with Crippen LogP contribution in [0.15, 0.2) is 30.6 Å². The minimum atomic E-state index is 0.240. The van der Waals surface area contributed by atoms with E-state index < -0.39 is 0 Å². The van der Waals surface area contributed by atoms with Gasteiger partial charge in [-0.15, -0.1) is 0 Å². The van der Waals surface area contributed by atoms with Crippen LogP contribution in [0.3, 0.4) is 0 Å². The van der Waals surface area contributed by atoms with E-state index in [0.717, 1.165) is 26.2 Å². The van der Waals surface area contributed by atoms with E-state index in [2.05, 4.69) is 15.6 Å². The summed E-state index contributed by atoms with van der Waals surface area (Å²) in [6.07, 6.45) is 3.74. The number of hydrogen-bond acceptors (Lipinski definition) is 4. The van der Waals surface area contributed by atoms with E-state index in [0.29, 0.717) is 0 Å². The topological polar surface area (TPSA) is 46.2 Å². The lowest BCUT2D eigenvalue weighted by atomic mass is 10.4. The van der Waals surface area contributed by atoms with E-state index in [4.69, 9.17) is 4.74 Å². The fourth-order valence-corrected chi connectivity index (χ4v) is 1.26. The highest BCUT2D eigenvalue weighted by atomic mass is 16.5. The molecule has 2 heterocycles. The third-order valence-corrected chi connectivity index (χ3v) is 1.94. The first-order valence-electron chi connectivity index (χ1n) is 5.34. The Labute approximate surface area is 91.1 Å². The molecule has 2 N–H and O–H groups in total. The van der Waals surface area contributed by atoms with Crippen LogP contribution in [0, 0.1) is 0 Å². The summed E-state index contributed by atoms with van der Waals surface area (Å²) < 4.78 is 5.31. The minimum absolute atomic E-state index is 0.240. The molecule has 1 saturated heterocycles. The zero-order chi connectivity index (χ0) is 10.8. The van der Waals surface area contributed by atoms with E-state index in [1.54, 1.807) is 12.4 Å². The van der Waals surface area contributed by atoms with Crippen molar-refractivity contribution in [1.29, 1.82) is 0 Å². The van der Waals surface area contributed by atoms with Crippen LogP contribution in [-0.2, 0) is 4.74 Å². The smallest absolute Gasteiger partial charge is 0.120 e. The Hall–Kier alpha value is -0.970. The minimum Gasteiger partial charge on any atom is -0.362 e. The van der Waals surface area contributed by atoms with Crippen molar-refractivity contribution in [1.82, 2.24) is 15.6 Å². The summed E-state index contributed by atoms with van der Waals surface area (Å²) in [5.41, 5.74) is 0. The molecule has 1 aromatic heterocycles.